The van der Waals surface area contributed by atoms with Gasteiger partial charge in [0.2, 0.25) is 15.9 Å². The molecule has 1 aromatic carbocycles. The van der Waals surface area contributed by atoms with Crippen molar-refractivity contribution in [1.29, 1.82) is 0 Å². The van der Waals surface area contributed by atoms with Crippen molar-refractivity contribution in [2.24, 2.45) is 11.8 Å². The highest BCUT2D eigenvalue weighted by molar-refractivity contribution is 7.89. The molecule has 1 aliphatic rings. The maximum absolute atomic E-state index is 12.9. The molecule has 0 spiro atoms. The van der Waals surface area contributed by atoms with E-state index in [2.05, 4.69) is 13.8 Å². The van der Waals surface area contributed by atoms with Crippen LogP contribution >= 0.6 is 0 Å². The molecule has 1 saturated heterocycles. The molecule has 0 saturated carbocycles. The van der Waals surface area contributed by atoms with Crippen molar-refractivity contribution in [2.75, 3.05) is 26.2 Å². The van der Waals surface area contributed by atoms with E-state index in [0.29, 0.717) is 44.2 Å². The highest BCUT2D eigenvalue weighted by Crippen LogP contribution is 2.27. The molecule has 0 bridgehead atoms. The number of ether oxygens (including phenoxy) is 1. The van der Waals surface area contributed by atoms with Crippen LogP contribution in [0.3, 0.4) is 0 Å². The molecular weight excluding hydrogens is 376 g/mol. The number of rotatable bonds is 8. The summed E-state index contributed by atoms with van der Waals surface area (Å²) in [5.74, 6) is 1.12. The second-order valence-electron chi connectivity index (χ2n) is 8.06. The molecule has 2 rings (SSSR count). The van der Waals surface area contributed by atoms with Gasteiger partial charge in [0, 0.05) is 31.6 Å². The average Bonchev–Trinajstić information content (AvgIpc) is 2.66. The maximum atomic E-state index is 12.9. The topological polar surface area (TPSA) is 66.9 Å². The monoisotopic (exact) mass is 410 g/mol. The number of hydrogen-bond donors (Lipinski definition) is 0. The smallest absolute Gasteiger partial charge is 0.243 e. The fraction of sp³-hybridized carbons (Fsp3) is 0.667. The van der Waals surface area contributed by atoms with E-state index in [4.69, 9.17) is 4.74 Å². The molecule has 1 amide bonds. The average molecular weight is 411 g/mol. The first-order valence-electron chi connectivity index (χ1n) is 10.2. The van der Waals surface area contributed by atoms with E-state index in [0.717, 1.165) is 6.54 Å². The van der Waals surface area contributed by atoms with Gasteiger partial charge in [0.15, 0.2) is 0 Å². The zero-order valence-electron chi connectivity index (χ0n) is 17.7. The Morgan fingerprint density at radius 1 is 1.14 bits per heavy atom. The van der Waals surface area contributed by atoms with Crippen molar-refractivity contribution in [2.45, 2.75) is 58.4 Å². The van der Waals surface area contributed by atoms with Gasteiger partial charge in [-0.3, -0.25) is 4.79 Å². The van der Waals surface area contributed by atoms with Gasteiger partial charge in [-0.2, -0.15) is 4.31 Å². The van der Waals surface area contributed by atoms with Gasteiger partial charge in [-0.05, 0) is 63.8 Å². The third-order valence-electron chi connectivity index (χ3n) is 5.04. The number of piperidine rings is 1. The molecule has 0 N–H and O–H groups in total. The Morgan fingerprint density at radius 2 is 1.71 bits per heavy atom. The number of carbonyl (C=O) groups is 1. The highest BCUT2D eigenvalue weighted by atomic mass is 32.2. The summed E-state index contributed by atoms with van der Waals surface area (Å²) >= 11 is 0. The van der Waals surface area contributed by atoms with Crippen LogP contribution in [0.5, 0.6) is 5.75 Å². The fourth-order valence-corrected chi connectivity index (χ4v) is 5.02. The van der Waals surface area contributed by atoms with Crippen LogP contribution in [0.4, 0.5) is 0 Å². The van der Waals surface area contributed by atoms with E-state index in [1.54, 1.807) is 24.3 Å². The van der Waals surface area contributed by atoms with Crippen LogP contribution in [-0.4, -0.2) is 55.8 Å². The Balaban J connectivity index is 2.02. The number of amides is 1. The summed E-state index contributed by atoms with van der Waals surface area (Å²) < 4.78 is 32.7. The van der Waals surface area contributed by atoms with E-state index < -0.39 is 10.0 Å². The second kappa shape index (κ2) is 9.74. The van der Waals surface area contributed by atoms with Gasteiger partial charge in [0.05, 0.1) is 11.5 Å². The largest absolute Gasteiger partial charge is 0.494 e. The summed E-state index contributed by atoms with van der Waals surface area (Å²) in [5, 5.41) is 0. The van der Waals surface area contributed by atoms with Crippen LogP contribution in [0.2, 0.25) is 0 Å². The third-order valence-corrected chi connectivity index (χ3v) is 6.96. The number of nitrogens with zero attached hydrogens (tertiary/aromatic N) is 2. The van der Waals surface area contributed by atoms with E-state index in [9.17, 15) is 13.2 Å². The quantitative estimate of drug-likeness (QED) is 0.659. The molecule has 6 nitrogen and oxygen atoms in total. The summed E-state index contributed by atoms with van der Waals surface area (Å²) in [6.07, 6.45) is 1.13. The summed E-state index contributed by atoms with van der Waals surface area (Å²) in [6, 6.07) is 6.68. The number of carbonyl (C=O) groups excluding carboxylic acids is 1. The van der Waals surface area contributed by atoms with E-state index in [-0.39, 0.29) is 22.8 Å². The van der Waals surface area contributed by atoms with Crippen LogP contribution < -0.4 is 4.74 Å². The molecule has 1 heterocycles. The molecule has 0 radical (unpaired) electrons. The molecular formula is C21H34N2O4S. The van der Waals surface area contributed by atoms with Crippen LogP contribution in [-0.2, 0) is 14.8 Å². The minimum Gasteiger partial charge on any atom is -0.494 e. The van der Waals surface area contributed by atoms with Crippen LogP contribution in [0, 0.1) is 11.8 Å². The Bertz CT molecular complexity index is 736. The van der Waals surface area contributed by atoms with Crippen molar-refractivity contribution < 1.29 is 17.9 Å². The van der Waals surface area contributed by atoms with Crippen molar-refractivity contribution in [1.82, 2.24) is 9.21 Å². The first-order valence-corrected chi connectivity index (χ1v) is 11.6. The zero-order valence-corrected chi connectivity index (χ0v) is 18.5. The minimum atomic E-state index is -3.55. The van der Waals surface area contributed by atoms with Crippen molar-refractivity contribution in [3.8, 4) is 5.75 Å². The Morgan fingerprint density at radius 3 is 2.18 bits per heavy atom. The molecule has 1 fully saturated rings. The number of hydrogen-bond acceptors (Lipinski definition) is 4. The van der Waals surface area contributed by atoms with E-state index in [1.165, 1.54) is 4.31 Å². The Labute approximate surface area is 169 Å². The Hall–Kier alpha value is -1.60. The van der Waals surface area contributed by atoms with Crippen LogP contribution in [0.25, 0.3) is 0 Å². The van der Waals surface area contributed by atoms with Gasteiger partial charge in [0.1, 0.15) is 5.75 Å². The second-order valence-corrected chi connectivity index (χ2v) is 10.00. The molecule has 0 aromatic heterocycles. The van der Waals surface area contributed by atoms with Gasteiger partial charge in [-0.25, -0.2) is 8.42 Å². The van der Waals surface area contributed by atoms with Gasteiger partial charge < -0.3 is 9.64 Å². The SMILES string of the molecule is CCOc1ccc(S(=O)(=O)N2CCC(C(=O)N(CC(C)C)C(C)C)CC2)cc1. The number of sulfonamides is 1. The predicted octanol–water partition coefficient (Wildman–Crippen LogP) is 3.38. The predicted molar refractivity (Wildman–Crippen MR) is 111 cm³/mol. The first-order chi connectivity index (χ1) is 13.2. The molecule has 28 heavy (non-hydrogen) atoms. The summed E-state index contributed by atoms with van der Waals surface area (Å²) in [6.45, 7) is 12.2. The summed E-state index contributed by atoms with van der Waals surface area (Å²) in [7, 11) is -3.55. The lowest BCUT2D eigenvalue weighted by Crippen LogP contribution is -2.47. The van der Waals surface area contributed by atoms with Gasteiger partial charge in [0.25, 0.3) is 0 Å². The molecule has 0 aliphatic carbocycles. The Kier molecular flexibility index (Phi) is 7.89. The standard InChI is InChI=1S/C21H34N2O4S/c1-6-27-19-7-9-20(10-8-19)28(25,26)22-13-11-18(12-14-22)21(24)23(17(4)5)15-16(2)3/h7-10,16-18H,6,11-15H2,1-5H3. The van der Waals surface area contributed by atoms with Crippen molar-refractivity contribution >= 4 is 15.9 Å². The zero-order chi connectivity index (χ0) is 20.9. The summed E-state index contributed by atoms with van der Waals surface area (Å²) in [4.78, 5) is 15.1. The lowest BCUT2D eigenvalue weighted by Gasteiger charge is -2.36. The van der Waals surface area contributed by atoms with Gasteiger partial charge in [-0.15, -0.1) is 0 Å². The maximum Gasteiger partial charge on any atom is 0.243 e. The highest BCUT2D eigenvalue weighted by Gasteiger charge is 2.34. The lowest BCUT2D eigenvalue weighted by atomic mass is 9.95. The first kappa shape index (κ1) is 22.7. The molecule has 0 unspecified atom stereocenters. The van der Waals surface area contributed by atoms with Gasteiger partial charge in [-0.1, -0.05) is 13.8 Å². The van der Waals surface area contributed by atoms with E-state index in [1.807, 2.05) is 25.7 Å². The van der Waals surface area contributed by atoms with Crippen molar-refractivity contribution in [3.63, 3.8) is 0 Å². The fourth-order valence-electron chi connectivity index (χ4n) is 3.55. The van der Waals surface area contributed by atoms with Crippen LogP contribution in [0.1, 0.15) is 47.5 Å². The lowest BCUT2D eigenvalue weighted by molar-refractivity contribution is -0.139. The normalized spacial score (nSPS) is 16.5. The molecule has 7 heteroatoms. The molecule has 1 aromatic rings. The molecule has 0 atom stereocenters. The number of benzene rings is 1. The third kappa shape index (κ3) is 5.47. The molecule has 1 aliphatic heterocycles. The molecule has 158 valence electrons. The van der Waals surface area contributed by atoms with E-state index >= 15 is 0 Å². The van der Waals surface area contributed by atoms with Gasteiger partial charge >= 0.3 is 0 Å². The summed E-state index contributed by atoms with van der Waals surface area (Å²) in [5.41, 5.74) is 0. The minimum absolute atomic E-state index is 0.104. The van der Waals surface area contributed by atoms with Crippen LogP contribution in [0.15, 0.2) is 29.2 Å². The van der Waals surface area contributed by atoms with Crippen molar-refractivity contribution in [3.05, 3.63) is 24.3 Å².